The maximum absolute atomic E-state index is 10.2. The first-order valence-electron chi connectivity index (χ1n) is 8.73. The van der Waals surface area contributed by atoms with Crippen LogP contribution in [0, 0.1) is 0 Å². The Hall–Kier alpha value is 1.68. The van der Waals surface area contributed by atoms with E-state index in [-0.39, 0.29) is 55.5 Å². The van der Waals surface area contributed by atoms with Gasteiger partial charge in [-0.25, -0.2) is 0 Å². The average molecular weight is 458 g/mol. The van der Waals surface area contributed by atoms with Crippen molar-refractivity contribution in [2.24, 2.45) is 0 Å². The zero-order valence-corrected chi connectivity index (χ0v) is 19.7. The Morgan fingerprint density at radius 2 is 1.00 bits per heavy atom. The molecule has 0 aromatic heterocycles. The molecule has 6 heteroatoms. The standard InChI is InChI=1S/C16H35O4P.Ba/c1-2-3-4-5-6-7-8-9-10-11-12-13-14-15-16-20-21(17,18)19;/h2-16H2,1H3,(H2,17,18,19);/q;+2/p-2. The van der Waals surface area contributed by atoms with Gasteiger partial charge in [0.15, 0.2) is 0 Å². The van der Waals surface area contributed by atoms with Gasteiger partial charge in [-0.1, -0.05) is 90.4 Å². The summed E-state index contributed by atoms with van der Waals surface area (Å²) < 4.78 is 14.4. The van der Waals surface area contributed by atoms with Gasteiger partial charge in [0.05, 0.1) is 14.4 Å². The number of phosphoric acid groups is 1. The number of unbranched alkanes of at least 4 members (excludes halogenated alkanes) is 13. The zero-order valence-electron chi connectivity index (χ0n) is 14.4. The first-order chi connectivity index (χ1) is 10.1. The van der Waals surface area contributed by atoms with Crippen LogP contribution in [-0.4, -0.2) is 55.5 Å². The minimum absolute atomic E-state index is 0. The summed E-state index contributed by atoms with van der Waals surface area (Å²) in [6.07, 6.45) is 17.4. The second kappa shape index (κ2) is 19.0. The van der Waals surface area contributed by atoms with Crippen LogP contribution in [0.3, 0.4) is 0 Å². The van der Waals surface area contributed by atoms with Gasteiger partial charge in [-0.15, -0.1) is 0 Å². The van der Waals surface area contributed by atoms with E-state index in [4.69, 9.17) is 0 Å². The molecule has 0 fully saturated rings. The van der Waals surface area contributed by atoms with Gasteiger partial charge in [0.1, 0.15) is 0 Å². The molecule has 4 nitrogen and oxygen atoms in total. The Morgan fingerprint density at radius 3 is 1.32 bits per heavy atom. The van der Waals surface area contributed by atoms with E-state index >= 15 is 0 Å². The van der Waals surface area contributed by atoms with Crippen LogP contribution in [0.25, 0.3) is 0 Å². The Balaban J connectivity index is 0. The molecule has 128 valence electrons. The van der Waals surface area contributed by atoms with Crippen LogP contribution in [0.2, 0.25) is 0 Å². The predicted octanol–water partition coefficient (Wildman–Crippen LogP) is 3.93. The molecular formula is C16H33BaO4P. The van der Waals surface area contributed by atoms with Crippen molar-refractivity contribution in [3.63, 3.8) is 0 Å². The monoisotopic (exact) mass is 458 g/mol. The molecule has 0 amide bonds. The molecule has 0 aliphatic rings. The van der Waals surface area contributed by atoms with Crippen LogP contribution >= 0.6 is 7.82 Å². The molecule has 0 heterocycles. The van der Waals surface area contributed by atoms with Crippen LogP contribution in [-0.2, 0) is 9.09 Å². The van der Waals surface area contributed by atoms with Gasteiger partial charge >= 0.3 is 48.9 Å². The van der Waals surface area contributed by atoms with Gasteiger partial charge in [-0.2, -0.15) is 0 Å². The molecule has 0 rings (SSSR count). The van der Waals surface area contributed by atoms with Gasteiger partial charge in [-0.3, -0.25) is 0 Å². The van der Waals surface area contributed by atoms with E-state index in [2.05, 4.69) is 11.4 Å². The molecule has 0 radical (unpaired) electrons. The van der Waals surface area contributed by atoms with Crippen LogP contribution in [0.15, 0.2) is 0 Å². The summed E-state index contributed by atoms with van der Waals surface area (Å²) in [5, 5.41) is 0. The van der Waals surface area contributed by atoms with Crippen molar-refractivity contribution in [1.29, 1.82) is 0 Å². The summed E-state index contributed by atoms with van der Waals surface area (Å²) in [6, 6.07) is 0. The summed E-state index contributed by atoms with van der Waals surface area (Å²) in [4.78, 5) is 20.4. The van der Waals surface area contributed by atoms with Crippen LogP contribution < -0.4 is 9.79 Å². The summed E-state index contributed by atoms with van der Waals surface area (Å²) in [5.41, 5.74) is 0. The molecular weight excluding hydrogens is 424 g/mol. The summed E-state index contributed by atoms with van der Waals surface area (Å²) in [6.45, 7) is 2.29. The van der Waals surface area contributed by atoms with Crippen molar-refractivity contribution in [3.8, 4) is 0 Å². The van der Waals surface area contributed by atoms with Crippen LogP contribution in [0.1, 0.15) is 96.8 Å². The van der Waals surface area contributed by atoms with E-state index in [1.54, 1.807) is 0 Å². The normalized spacial score (nSPS) is 11.4. The smallest absolute Gasteiger partial charge is 0.790 e. The van der Waals surface area contributed by atoms with Crippen LogP contribution in [0.4, 0.5) is 0 Å². The number of rotatable bonds is 16. The van der Waals surface area contributed by atoms with Gasteiger partial charge in [-0.05, 0) is 6.42 Å². The van der Waals surface area contributed by atoms with Gasteiger partial charge in [0.2, 0.25) is 0 Å². The van der Waals surface area contributed by atoms with Crippen molar-refractivity contribution in [2.45, 2.75) is 96.8 Å². The Morgan fingerprint density at radius 1 is 0.682 bits per heavy atom. The third kappa shape index (κ3) is 23.9. The summed E-state index contributed by atoms with van der Waals surface area (Å²) in [5.74, 6) is 0. The molecule has 22 heavy (non-hydrogen) atoms. The van der Waals surface area contributed by atoms with E-state index < -0.39 is 7.82 Å². The molecule has 0 atom stereocenters. The van der Waals surface area contributed by atoms with E-state index in [1.165, 1.54) is 70.6 Å². The molecule has 0 N–H and O–H groups in total. The van der Waals surface area contributed by atoms with Gasteiger partial charge in [0, 0.05) is 0 Å². The molecule has 0 spiro atoms. The molecule has 0 unspecified atom stereocenters. The van der Waals surface area contributed by atoms with Crippen molar-refractivity contribution < 1.29 is 18.9 Å². The number of phosphoric ester groups is 1. The third-order valence-corrected chi connectivity index (χ3v) is 4.25. The predicted molar refractivity (Wildman–Crippen MR) is 89.6 cm³/mol. The van der Waals surface area contributed by atoms with Crippen LogP contribution in [0.5, 0.6) is 0 Å². The third-order valence-electron chi connectivity index (χ3n) is 3.75. The second-order valence-electron chi connectivity index (χ2n) is 5.88. The number of hydrogen-bond donors (Lipinski definition) is 0. The molecule has 0 aliphatic heterocycles. The summed E-state index contributed by atoms with van der Waals surface area (Å²) >= 11 is 0. The average Bonchev–Trinajstić information content (AvgIpc) is 2.42. The quantitative estimate of drug-likeness (QED) is 0.200. The van der Waals surface area contributed by atoms with Crippen molar-refractivity contribution in [1.82, 2.24) is 0 Å². The zero-order chi connectivity index (χ0) is 15.8. The molecule has 0 bridgehead atoms. The van der Waals surface area contributed by atoms with Crippen molar-refractivity contribution >= 4 is 56.7 Å². The topological polar surface area (TPSA) is 72.4 Å². The van der Waals surface area contributed by atoms with Crippen molar-refractivity contribution in [3.05, 3.63) is 0 Å². The summed E-state index contributed by atoms with van der Waals surface area (Å²) in [7, 11) is -4.75. The molecule has 0 aromatic carbocycles. The Labute approximate surface area is 177 Å². The Bertz CT molecular complexity index is 259. The first kappa shape index (κ1) is 25.9. The first-order valence-corrected chi connectivity index (χ1v) is 10.2. The number of hydrogen-bond acceptors (Lipinski definition) is 4. The minimum Gasteiger partial charge on any atom is -0.790 e. The fourth-order valence-corrected chi connectivity index (χ4v) is 2.83. The largest absolute Gasteiger partial charge is 2.00 e. The molecule has 0 saturated heterocycles. The fraction of sp³-hybridized carbons (Fsp3) is 1.00. The van der Waals surface area contributed by atoms with Gasteiger partial charge < -0.3 is 18.9 Å². The maximum Gasteiger partial charge on any atom is 2.00 e. The van der Waals surface area contributed by atoms with E-state index in [9.17, 15) is 14.4 Å². The van der Waals surface area contributed by atoms with Crippen molar-refractivity contribution in [2.75, 3.05) is 6.61 Å². The second-order valence-corrected chi connectivity index (χ2v) is 7.03. The van der Waals surface area contributed by atoms with E-state index in [1.807, 2.05) is 0 Å². The van der Waals surface area contributed by atoms with E-state index in [0.29, 0.717) is 6.42 Å². The van der Waals surface area contributed by atoms with E-state index in [0.717, 1.165) is 12.8 Å². The molecule has 0 saturated carbocycles. The SMILES string of the molecule is CCCCCCCCCCCCCCCCOP(=O)([O-])[O-].[Ba+2]. The fourth-order valence-electron chi connectivity index (χ4n) is 2.47. The molecule has 0 aliphatic carbocycles. The Kier molecular flexibility index (Phi) is 22.4. The maximum atomic E-state index is 10.2. The molecule has 0 aromatic rings. The van der Waals surface area contributed by atoms with Gasteiger partial charge in [0.25, 0.3) is 0 Å². The minimum atomic E-state index is -4.75.